The number of carbonyl (C=O) groups excluding carboxylic acids is 2. The van der Waals surface area contributed by atoms with Gasteiger partial charge in [0.05, 0.1) is 6.61 Å². The summed E-state index contributed by atoms with van der Waals surface area (Å²) >= 11 is 0. The summed E-state index contributed by atoms with van der Waals surface area (Å²) < 4.78 is 0. The minimum atomic E-state index is -0.532. The molecule has 5 heteroatoms. The summed E-state index contributed by atoms with van der Waals surface area (Å²) in [6.07, 6.45) is 0. The van der Waals surface area contributed by atoms with E-state index in [-0.39, 0.29) is 18.6 Å². The van der Waals surface area contributed by atoms with Crippen molar-refractivity contribution in [1.82, 2.24) is 5.32 Å². The van der Waals surface area contributed by atoms with Crippen LogP contribution in [0.5, 0.6) is 0 Å². The maximum atomic E-state index is 11.6. The Hall–Kier alpha value is -1.88. The summed E-state index contributed by atoms with van der Waals surface area (Å²) in [5.74, 6) is -0.826. The number of nitrogens with two attached hydrogens (primary N) is 1. The maximum Gasteiger partial charge on any atom is 0.251 e. The minimum Gasteiger partial charge on any atom is -0.394 e. The molecule has 0 saturated heterocycles. The Kier molecular flexibility index (Phi) is 4.02. The first kappa shape index (κ1) is 12.2. The standard InChI is InChI=1S/C11H14N2O3/c1-7(6-14)13-11(16)9-4-2-8(3-5-9)10(12)15/h2-5,7,14H,6H2,1H3,(H2,12,15)(H,13,16). The molecule has 16 heavy (non-hydrogen) atoms. The van der Waals surface area contributed by atoms with E-state index in [1.54, 1.807) is 6.92 Å². The number of primary amides is 1. The van der Waals surface area contributed by atoms with Crippen LogP contribution >= 0.6 is 0 Å². The zero-order valence-corrected chi connectivity index (χ0v) is 8.93. The molecule has 0 aliphatic rings. The monoisotopic (exact) mass is 222 g/mol. The van der Waals surface area contributed by atoms with Crippen molar-refractivity contribution in [3.63, 3.8) is 0 Å². The maximum absolute atomic E-state index is 11.6. The molecule has 0 saturated carbocycles. The number of carbonyl (C=O) groups is 2. The van der Waals surface area contributed by atoms with Gasteiger partial charge in [-0.1, -0.05) is 0 Å². The highest BCUT2D eigenvalue weighted by molar-refractivity contribution is 5.97. The Balaban J connectivity index is 2.74. The number of rotatable bonds is 4. The lowest BCUT2D eigenvalue weighted by atomic mass is 10.1. The van der Waals surface area contributed by atoms with Crippen molar-refractivity contribution in [2.75, 3.05) is 6.61 Å². The average molecular weight is 222 g/mol. The van der Waals surface area contributed by atoms with Crippen LogP contribution in [0, 0.1) is 0 Å². The van der Waals surface area contributed by atoms with E-state index >= 15 is 0 Å². The van der Waals surface area contributed by atoms with Crippen molar-refractivity contribution in [2.24, 2.45) is 5.73 Å². The summed E-state index contributed by atoms with van der Waals surface area (Å²) in [6, 6.07) is 5.70. The summed E-state index contributed by atoms with van der Waals surface area (Å²) in [7, 11) is 0. The van der Waals surface area contributed by atoms with E-state index in [0.29, 0.717) is 11.1 Å². The van der Waals surface area contributed by atoms with E-state index in [0.717, 1.165) is 0 Å². The second-order valence-corrected chi connectivity index (χ2v) is 3.50. The van der Waals surface area contributed by atoms with E-state index in [4.69, 9.17) is 10.8 Å². The smallest absolute Gasteiger partial charge is 0.251 e. The Labute approximate surface area is 93.3 Å². The highest BCUT2D eigenvalue weighted by atomic mass is 16.3. The van der Waals surface area contributed by atoms with Crippen LogP contribution in [0.2, 0.25) is 0 Å². The molecular formula is C11H14N2O3. The molecule has 0 spiro atoms. The van der Waals surface area contributed by atoms with Gasteiger partial charge < -0.3 is 16.2 Å². The van der Waals surface area contributed by atoms with E-state index < -0.39 is 5.91 Å². The van der Waals surface area contributed by atoms with Crippen molar-refractivity contribution in [3.05, 3.63) is 35.4 Å². The van der Waals surface area contributed by atoms with Crippen LogP contribution < -0.4 is 11.1 Å². The number of hydrogen-bond acceptors (Lipinski definition) is 3. The lowest BCUT2D eigenvalue weighted by Crippen LogP contribution is -2.34. The van der Waals surface area contributed by atoms with Crippen LogP contribution in [0.3, 0.4) is 0 Å². The Morgan fingerprint density at radius 1 is 1.31 bits per heavy atom. The van der Waals surface area contributed by atoms with Gasteiger partial charge in [-0.3, -0.25) is 9.59 Å². The topological polar surface area (TPSA) is 92.4 Å². The van der Waals surface area contributed by atoms with Crippen LogP contribution in [0.15, 0.2) is 24.3 Å². The lowest BCUT2D eigenvalue weighted by Gasteiger charge is -2.10. The van der Waals surface area contributed by atoms with Gasteiger partial charge in [-0.2, -0.15) is 0 Å². The molecule has 1 aromatic carbocycles. The van der Waals surface area contributed by atoms with E-state index in [1.165, 1.54) is 24.3 Å². The predicted molar refractivity (Wildman–Crippen MR) is 59.0 cm³/mol. The zero-order chi connectivity index (χ0) is 12.1. The molecule has 0 heterocycles. The van der Waals surface area contributed by atoms with Gasteiger partial charge in [0.2, 0.25) is 5.91 Å². The van der Waals surface area contributed by atoms with Crippen LogP contribution in [0.4, 0.5) is 0 Å². The molecule has 0 fully saturated rings. The summed E-state index contributed by atoms with van der Waals surface area (Å²) in [4.78, 5) is 22.4. The molecular weight excluding hydrogens is 208 g/mol. The van der Waals surface area contributed by atoms with Crippen LogP contribution in [0.25, 0.3) is 0 Å². The van der Waals surface area contributed by atoms with E-state index in [2.05, 4.69) is 5.32 Å². The molecule has 1 unspecified atom stereocenters. The second kappa shape index (κ2) is 5.27. The van der Waals surface area contributed by atoms with Crippen molar-refractivity contribution in [1.29, 1.82) is 0 Å². The van der Waals surface area contributed by atoms with Gasteiger partial charge in [-0.05, 0) is 31.2 Å². The Bertz CT molecular complexity index is 387. The zero-order valence-electron chi connectivity index (χ0n) is 8.93. The van der Waals surface area contributed by atoms with Gasteiger partial charge >= 0.3 is 0 Å². The fraction of sp³-hybridized carbons (Fsp3) is 0.273. The molecule has 2 amide bonds. The third-order valence-corrected chi connectivity index (χ3v) is 2.08. The third-order valence-electron chi connectivity index (χ3n) is 2.08. The normalized spacial score (nSPS) is 11.9. The molecule has 1 rings (SSSR count). The molecule has 0 aliphatic heterocycles. The molecule has 86 valence electrons. The SMILES string of the molecule is CC(CO)NC(=O)c1ccc(C(N)=O)cc1. The first-order valence-electron chi connectivity index (χ1n) is 4.86. The van der Waals surface area contributed by atoms with Crippen molar-refractivity contribution < 1.29 is 14.7 Å². The van der Waals surface area contributed by atoms with Crippen LogP contribution in [-0.2, 0) is 0 Å². The molecule has 0 bridgehead atoms. The third kappa shape index (κ3) is 3.06. The second-order valence-electron chi connectivity index (χ2n) is 3.50. The van der Waals surface area contributed by atoms with Gasteiger partial charge in [0.25, 0.3) is 5.91 Å². The van der Waals surface area contributed by atoms with Crippen molar-refractivity contribution in [2.45, 2.75) is 13.0 Å². The molecule has 0 aromatic heterocycles. The first-order valence-corrected chi connectivity index (χ1v) is 4.86. The number of nitrogens with one attached hydrogen (secondary N) is 1. The van der Waals surface area contributed by atoms with Gasteiger partial charge in [0, 0.05) is 17.2 Å². The minimum absolute atomic E-state index is 0.120. The molecule has 4 N–H and O–H groups in total. The van der Waals surface area contributed by atoms with Gasteiger partial charge in [0.15, 0.2) is 0 Å². The Morgan fingerprint density at radius 3 is 2.25 bits per heavy atom. The first-order chi connectivity index (χ1) is 7.54. The highest BCUT2D eigenvalue weighted by Gasteiger charge is 2.09. The number of aliphatic hydroxyl groups is 1. The van der Waals surface area contributed by atoms with Crippen LogP contribution in [-0.4, -0.2) is 29.6 Å². The number of benzene rings is 1. The molecule has 1 aromatic rings. The summed E-state index contributed by atoms with van der Waals surface area (Å²) in [5, 5.41) is 11.4. The van der Waals surface area contributed by atoms with Gasteiger partial charge in [-0.15, -0.1) is 0 Å². The summed E-state index contributed by atoms with van der Waals surface area (Å²) in [5.41, 5.74) is 5.84. The fourth-order valence-corrected chi connectivity index (χ4v) is 1.14. The quantitative estimate of drug-likeness (QED) is 0.664. The Morgan fingerprint density at radius 2 is 1.81 bits per heavy atom. The molecule has 0 radical (unpaired) electrons. The lowest BCUT2D eigenvalue weighted by molar-refractivity contribution is 0.0920. The predicted octanol–water partition coefficient (Wildman–Crippen LogP) is -0.104. The fourth-order valence-electron chi connectivity index (χ4n) is 1.14. The highest BCUT2D eigenvalue weighted by Crippen LogP contribution is 2.04. The van der Waals surface area contributed by atoms with Crippen molar-refractivity contribution >= 4 is 11.8 Å². The largest absolute Gasteiger partial charge is 0.394 e. The number of hydrogen-bond donors (Lipinski definition) is 3. The van der Waals surface area contributed by atoms with Crippen molar-refractivity contribution in [3.8, 4) is 0 Å². The van der Waals surface area contributed by atoms with Gasteiger partial charge in [-0.25, -0.2) is 0 Å². The average Bonchev–Trinajstić information content (AvgIpc) is 2.28. The molecule has 5 nitrogen and oxygen atoms in total. The number of amides is 2. The van der Waals surface area contributed by atoms with E-state index in [1.807, 2.05) is 0 Å². The number of aliphatic hydroxyl groups excluding tert-OH is 1. The summed E-state index contributed by atoms with van der Waals surface area (Å²) in [6.45, 7) is 1.57. The van der Waals surface area contributed by atoms with E-state index in [9.17, 15) is 9.59 Å². The molecule has 1 atom stereocenters. The molecule has 0 aliphatic carbocycles. The van der Waals surface area contributed by atoms with Crippen LogP contribution in [0.1, 0.15) is 27.6 Å². The van der Waals surface area contributed by atoms with Gasteiger partial charge in [0.1, 0.15) is 0 Å².